The summed E-state index contributed by atoms with van der Waals surface area (Å²) in [6.07, 6.45) is 4.71. The molecule has 1 aromatic carbocycles. The Hall–Kier alpha value is -1.77. The number of amides is 1. The van der Waals surface area contributed by atoms with Gasteiger partial charge in [0.2, 0.25) is 5.91 Å². The van der Waals surface area contributed by atoms with Crippen molar-refractivity contribution in [1.82, 2.24) is 9.47 Å². The van der Waals surface area contributed by atoms with Gasteiger partial charge in [0.1, 0.15) is 0 Å². The second kappa shape index (κ2) is 7.13. The summed E-state index contributed by atoms with van der Waals surface area (Å²) in [4.78, 5) is 14.3. The number of para-hydroxylation sites is 1. The fourth-order valence-corrected chi connectivity index (χ4v) is 2.61. The van der Waals surface area contributed by atoms with Crippen molar-refractivity contribution in [3.63, 3.8) is 0 Å². The molecule has 0 saturated heterocycles. The highest BCUT2D eigenvalue weighted by atomic mass is 16.2. The van der Waals surface area contributed by atoms with E-state index >= 15 is 0 Å². The predicted octanol–water partition coefficient (Wildman–Crippen LogP) is 3.68. The molecular weight excluding hydrogens is 248 g/mol. The maximum Gasteiger partial charge on any atom is 0.224 e. The summed E-state index contributed by atoms with van der Waals surface area (Å²) >= 11 is 0. The van der Waals surface area contributed by atoms with Crippen LogP contribution >= 0.6 is 0 Å². The van der Waals surface area contributed by atoms with E-state index in [1.54, 1.807) is 0 Å². The summed E-state index contributed by atoms with van der Waals surface area (Å²) in [5, 5.41) is 1.24. The molecule has 0 bridgehead atoms. The van der Waals surface area contributed by atoms with Gasteiger partial charge in [0.15, 0.2) is 0 Å². The third-order valence-electron chi connectivity index (χ3n) is 3.59. The van der Waals surface area contributed by atoms with Crippen LogP contribution in [0.1, 0.15) is 33.1 Å². The van der Waals surface area contributed by atoms with E-state index in [-0.39, 0.29) is 5.91 Å². The molecule has 1 heterocycles. The van der Waals surface area contributed by atoms with E-state index in [4.69, 9.17) is 0 Å². The van der Waals surface area contributed by atoms with Crippen LogP contribution in [0.5, 0.6) is 0 Å². The van der Waals surface area contributed by atoms with Gasteiger partial charge in [-0.2, -0.15) is 0 Å². The normalized spacial score (nSPS) is 10.9. The molecule has 108 valence electrons. The molecule has 0 aliphatic heterocycles. The molecular formula is C17H24N2O. The number of hydrogen-bond donors (Lipinski definition) is 0. The van der Waals surface area contributed by atoms with Gasteiger partial charge in [0, 0.05) is 37.8 Å². The average Bonchev–Trinajstić information content (AvgIpc) is 2.88. The Morgan fingerprint density at radius 1 is 1.10 bits per heavy atom. The van der Waals surface area contributed by atoms with Crippen LogP contribution in [-0.2, 0) is 11.3 Å². The summed E-state index contributed by atoms with van der Waals surface area (Å²) in [6, 6.07) is 10.4. The minimum atomic E-state index is 0.270. The van der Waals surface area contributed by atoms with Crippen LogP contribution in [-0.4, -0.2) is 28.5 Å². The van der Waals surface area contributed by atoms with Crippen molar-refractivity contribution in [3.8, 4) is 0 Å². The molecule has 3 heteroatoms. The van der Waals surface area contributed by atoms with Crippen LogP contribution in [0.4, 0.5) is 0 Å². The zero-order valence-corrected chi connectivity index (χ0v) is 12.5. The first-order valence-electron chi connectivity index (χ1n) is 7.58. The summed E-state index contributed by atoms with van der Waals surface area (Å²) in [5.74, 6) is 0.270. The molecule has 0 unspecified atom stereocenters. The first-order chi connectivity index (χ1) is 9.76. The second-order valence-electron chi connectivity index (χ2n) is 5.20. The first kappa shape index (κ1) is 14.6. The van der Waals surface area contributed by atoms with E-state index in [0.29, 0.717) is 6.42 Å². The highest BCUT2D eigenvalue weighted by Crippen LogP contribution is 2.15. The van der Waals surface area contributed by atoms with Crippen molar-refractivity contribution in [2.75, 3.05) is 13.1 Å². The standard InChI is InChI=1S/C17H24N2O/c1-3-11-19(12-4-2)17(20)10-14-18-13-9-15-7-5-6-8-16(15)18/h5-9,13H,3-4,10-12,14H2,1-2H3. The molecule has 0 atom stereocenters. The molecule has 20 heavy (non-hydrogen) atoms. The van der Waals surface area contributed by atoms with Gasteiger partial charge in [-0.15, -0.1) is 0 Å². The van der Waals surface area contributed by atoms with Crippen LogP contribution in [0.2, 0.25) is 0 Å². The molecule has 1 amide bonds. The molecule has 2 rings (SSSR count). The first-order valence-corrected chi connectivity index (χ1v) is 7.58. The number of nitrogens with zero attached hydrogens (tertiary/aromatic N) is 2. The molecule has 0 spiro atoms. The van der Waals surface area contributed by atoms with Crippen molar-refractivity contribution in [1.29, 1.82) is 0 Å². The lowest BCUT2D eigenvalue weighted by Crippen LogP contribution is -2.33. The Morgan fingerprint density at radius 2 is 1.80 bits per heavy atom. The highest BCUT2D eigenvalue weighted by molar-refractivity contribution is 5.80. The van der Waals surface area contributed by atoms with Gasteiger partial charge in [-0.25, -0.2) is 0 Å². The lowest BCUT2D eigenvalue weighted by atomic mass is 10.2. The Morgan fingerprint density at radius 3 is 2.50 bits per heavy atom. The van der Waals surface area contributed by atoms with E-state index < -0.39 is 0 Å². The van der Waals surface area contributed by atoms with E-state index in [0.717, 1.165) is 32.5 Å². The number of carbonyl (C=O) groups excluding carboxylic acids is 1. The highest BCUT2D eigenvalue weighted by Gasteiger charge is 2.11. The summed E-state index contributed by atoms with van der Waals surface area (Å²) in [7, 11) is 0. The van der Waals surface area contributed by atoms with Gasteiger partial charge in [-0.3, -0.25) is 4.79 Å². The Kier molecular flexibility index (Phi) is 5.22. The quantitative estimate of drug-likeness (QED) is 0.754. The van der Waals surface area contributed by atoms with Crippen LogP contribution in [0, 0.1) is 0 Å². The monoisotopic (exact) mass is 272 g/mol. The molecule has 0 N–H and O–H groups in total. The van der Waals surface area contributed by atoms with Gasteiger partial charge >= 0.3 is 0 Å². The Labute approximate surface area is 121 Å². The molecule has 1 aromatic heterocycles. The van der Waals surface area contributed by atoms with Crippen molar-refractivity contribution < 1.29 is 4.79 Å². The third-order valence-corrected chi connectivity index (χ3v) is 3.59. The van der Waals surface area contributed by atoms with E-state index in [1.165, 1.54) is 10.9 Å². The molecule has 0 aliphatic rings. The van der Waals surface area contributed by atoms with Crippen LogP contribution in [0.3, 0.4) is 0 Å². The summed E-state index contributed by atoms with van der Waals surface area (Å²) in [6.45, 7) is 6.75. The number of rotatable bonds is 7. The minimum absolute atomic E-state index is 0.270. The van der Waals surface area contributed by atoms with E-state index in [2.05, 4.69) is 42.8 Å². The smallest absolute Gasteiger partial charge is 0.224 e. The second-order valence-corrected chi connectivity index (χ2v) is 5.20. The van der Waals surface area contributed by atoms with Gasteiger partial charge in [0.25, 0.3) is 0 Å². The van der Waals surface area contributed by atoms with Crippen LogP contribution in [0.15, 0.2) is 36.5 Å². The topological polar surface area (TPSA) is 25.2 Å². The average molecular weight is 272 g/mol. The van der Waals surface area contributed by atoms with Crippen molar-refractivity contribution >= 4 is 16.8 Å². The zero-order chi connectivity index (χ0) is 14.4. The summed E-state index contributed by atoms with van der Waals surface area (Å²) < 4.78 is 2.17. The molecule has 0 saturated carbocycles. The largest absolute Gasteiger partial charge is 0.347 e. The lowest BCUT2D eigenvalue weighted by Gasteiger charge is -2.21. The van der Waals surface area contributed by atoms with E-state index in [9.17, 15) is 4.79 Å². The summed E-state index contributed by atoms with van der Waals surface area (Å²) in [5.41, 5.74) is 1.21. The Bertz CT molecular complexity index is 553. The molecule has 0 fully saturated rings. The van der Waals surface area contributed by atoms with Crippen molar-refractivity contribution in [2.45, 2.75) is 39.7 Å². The maximum atomic E-state index is 12.3. The zero-order valence-electron chi connectivity index (χ0n) is 12.5. The van der Waals surface area contributed by atoms with Gasteiger partial charge in [-0.05, 0) is 30.4 Å². The molecule has 2 aromatic rings. The van der Waals surface area contributed by atoms with Crippen molar-refractivity contribution in [2.24, 2.45) is 0 Å². The van der Waals surface area contributed by atoms with Crippen LogP contribution < -0.4 is 0 Å². The third kappa shape index (κ3) is 3.41. The minimum Gasteiger partial charge on any atom is -0.347 e. The maximum absolute atomic E-state index is 12.3. The SMILES string of the molecule is CCCN(CCC)C(=O)CCn1ccc2ccccc21. The number of aryl methyl sites for hydroxylation is 1. The van der Waals surface area contributed by atoms with E-state index in [1.807, 2.05) is 17.0 Å². The lowest BCUT2D eigenvalue weighted by molar-refractivity contribution is -0.131. The fraction of sp³-hybridized carbons (Fsp3) is 0.471. The number of aromatic nitrogens is 1. The van der Waals surface area contributed by atoms with Crippen LogP contribution in [0.25, 0.3) is 10.9 Å². The van der Waals surface area contributed by atoms with Crippen molar-refractivity contribution in [3.05, 3.63) is 36.5 Å². The van der Waals surface area contributed by atoms with Gasteiger partial charge in [0.05, 0.1) is 0 Å². The van der Waals surface area contributed by atoms with Gasteiger partial charge < -0.3 is 9.47 Å². The molecule has 3 nitrogen and oxygen atoms in total. The Balaban J connectivity index is 1.98. The van der Waals surface area contributed by atoms with Gasteiger partial charge in [-0.1, -0.05) is 32.0 Å². The number of carbonyl (C=O) groups is 1. The molecule has 0 aliphatic carbocycles. The predicted molar refractivity (Wildman–Crippen MR) is 83.7 cm³/mol. The molecule has 0 radical (unpaired) electrons. The number of fused-ring (bicyclic) bond motifs is 1. The fourth-order valence-electron chi connectivity index (χ4n) is 2.61. The number of benzene rings is 1. The number of hydrogen-bond acceptors (Lipinski definition) is 1.